The molecule has 0 radical (unpaired) electrons. The number of hydrogen-bond donors (Lipinski definition) is 2. The van der Waals surface area contributed by atoms with Crippen LogP contribution in [0, 0.1) is 13.8 Å². The molecule has 0 spiro atoms. The van der Waals surface area contributed by atoms with Gasteiger partial charge in [0.25, 0.3) is 0 Å². The zero-order valence-corrected chi connectivity index (χ0v) is 19.7. The third-order valence-electron chi connectivity index (χ3n) is 6.00. The number of amides is 1. The molecule has 0 unspecified atom stereocenters. The maximum atomic E-state index is 11.8. The molecule has 32 heavy (non-hydrogen) atoms. The fraction of sp³-hybridized carbons (Fsp3) is 0.292. The first-order chi connectivity index (χ1) is 15.3. The molecule has 3 heterocycles. The van der Waals surface area contributed by atoms with E-state index >= 15 is 0 Å². The number of carbonyl (C=O) groups is 1. The Bertz CT molecular complexity index is 1170. The number of pyridine rings is 1. The molecule has 0 aliphatic carbocycles. The Morgan fingerprint density at radius 2 is 2.00 bits per heavy atom. The minimum Gasteiger partial charge on any atom is -0.495 e. The summed E-state index contributed by atoms with van der Waals surface area (Å²) < 4.78 is 7.62. The average Bonchev–Trinajstić information content (AvgIpc) is 3.25. The molecule has 2 aromatic heterocycles. The highest BCUT2D eigenvalue weighted by Crippen LogP contribution is 2.44. The summed E-state index contributed by atoms with van der Waals surface area (Å²) in [5.74, 6) is 0.423. The molecule has 1 aliphatic rings. The predicted octanol–water partition coefficient (Wildman–Crippen LogP) is 4.18. The Morgan fingerprint density at radius 3 is 2.59 bits per heavy atom. The molecular weight excluding hydrogens is 422 g/mol. The molecule has 1 amide bonds. The van der Waals surface area contributed by atoms with Gasteiger partial charge < -0.3 is 24.8 Å². The lowest BCUT2D eigenvalue weighted by molar-refractivity contribution is -0.114. The normalized spacial score (nSPS) is 17.9. The van der Waals surface area contributed by atoms with E-state index in [4.69, 9.17) is 17.0 Å². The van der Waals surface area contributed by atoms with Crippen LogP contribution in [0.1, 0.15) is 41.7 Å². The third kappa shape index (κ3) is 3.82. The second-order valence-corrected chi connectivity index (χ2v) is 8.33. The van der Waals surface area contributed by atoms with Crippen molar-refractivity contribution in [1.82, 2.24) is 14.9 Å². The molecule has 1 saturated heterocycles. The van der Waals surface area contributed by atoms with Crippen molar-refractivity contribution in [3.63, 3.8) is 0 Å². The second-order valence-electron chi connectivity index (χ2n) is 7.95. The molecular formula is C24H27N5O2S. The third-order valence-corrected chi connectivity index (χ3v) is 6.32. The van der Waals surface area contributed by atoms with Crippen LogP contribution in [-0.4, -0.2) is 27.7 Å². The van der Waals surface area contributed by atoms with Crippen LogP contribution >= 0.6 is 12.2 Å². The molecule has 166 valence electrons. The Labute approximate surface area is 193 Å². The smallest absolute Gasteiger partial charge is 0.221 e. The lowest BCUT2D eigenvalue weighted by Crippen LogP contribution is -2.29. The summed E-state index contributed by atoms with van der Waals surface area (Å²) in [5, 5.41) is 6.94. The fourth-order valence-corrected chi connectivity index (χ4v) is 4.61. The van der Waals surface area contributed by atoms with Gasteiger partial charge in [-0.2, -0.15) is 0 Å². The standard InChI is InChI=1S/C24H27N5O2S/c1-14-12-18(15(2)28(14)4)23-22(19-8-6-7-11-25-19)27-24(32)29(23)17-9-10-21(31-5)20(13-17)26-16(3)30/h6-13,22-23H,1-5H3,(H,26,30)(H,27,32)/t22-,23-/m0/s1. The van der Waals surface area contributed by atoms with Gasteiger partial charge in [0.15, 0.2) is 5.11 Å². The van der Waals surface area contributed by atoms with Gasteiger partial charge in [-0.15, -0.1) is 0 Å². The van der Waals surface area contributed by atoms with Crippen molar-refractivity contribution in [1.29, 1.82) is 0 Å². The number of anilines is 2. The first kappa shape index (κ1) is 21.8. The van der Waals surface area contributed by atoms with E-state index in [0.717, 1.165) is 11.4 Å². The largest absolute Gasteiger partial charge is 0.495 e. The number of nitrogens with zero attached hydrogens (tertiary/aromatic N) is 3. The van der Waals surface area contributed by atoms with Crippen molar-refractivity contribution in [3.8, 4) is 5.75 Å². The monoisotopic (exact) mass is 449 g/mol. The molecule has 0 saturated carbocycles. The van der Waals surface area contributed by atoms with Gasteiger partial charge in [0.1, 0.15) is 5.75 Å². The van der Waals surface area contributed by atoms with Gasteiger partial charge in [-0.1, -0.05) is 6.07 Å². The number of benzene rings is 1. The van der Waals surface area contributed by atoms with E-state index in [1.807, 2.05) is 36.4 Å². The van der Waals surface area contributed by atoms with Crippen molar-refractivity contribution in [3.05, 3.63) is 71.3 Å². The summed E-state index contributed by atoms with van der Waals surface area (Å²) in [4.78, 5) is 18.5. The molecule has 4 rings (SSSR count). The van der Waals surface area contributed by atoms with Crippen molar-refractivity contribution >= 4 is 34.6 Å². The number of nitrogens with one attached hydrogen (secondary N) is 2. The number of thiocarbonyl (C=S) groups is 1. The molecule has 7 nitrogen and oxygen atoms in total. The van der Waals surface area contributed by atoms with Gasteiger partial charge in [0.2, 0.25) is 5.91 Å². The first-order valence-corrected chi connectivity index (χ1v) is 10.8. The summed E-state index contributed by atoms with van der Waals surface area (Å²) in [6.07, 6.45) is 1.80. The highest BCUT2D eigenvalue weighted by molar-refractivity contribution is 7.80. The van der Waals surface area contributed by atoms with Crippen LogP contribution in [0.25, 0.3) is 0 Å². The van der Waals surface area contributed by atoms with Crippen LogP contribution in [0.2, 0.25) is 0 Å². The van der Waals surface area contributed by atoms with Crippen LogP contribution < -0.4 is 20.3 Å². The number of ether oxygens (including phenoxy) is 1. The number of aryl methyl sites for hydroxylation is 1. The van der Waals surface area contributed by atoms with E-state index < -0.39 is 0 Å². The number of methoxy groups -OCH3 is 1. The summed E-state index contributed by atoms with van der Waals surface area (Å²) in [7, 11) is 3.65. The minimum atomic E-state index is -0.167. The summed E-state index contributed by atoms with van der Waals surface area (Å²) in [5.41, 5.74) is 5.88. The van der Waals surface area contributed by atoms with Gasteiger partial charge in [-0.25, -0.2) is 0 Å². The zero-order chi connectivity index (χ0) is 23.0. The summed E-state index contributed by atoms with van der Waals surface area (Å²) >= 11 is 5.81. The highest BCUT2D eigenvalue weighted by atomic mass is 32.1. The average molecular weight is 450 g/mol. The quantitative estimate of drug-likeness (QED) is 0.570. The van der Waals surface area contributed by atoms with E-state index in [1.54, 1.807) is 13.3 Å². The van der Waals surface area contributed by atoms with E-state index in [-0.39, 0.29) is 18.0 Å². The molecule has 1 aromatic carbocycles. The topological polar surface area (TPSA) is 71.4 Å². The molecule has 2 N–H and O–H groups in total. The Hall–Kier alpha value is -3.39. The Kier molecular flexibility index (Phi) is 5.88. The molecule has 1 fully saturated rings. The van der Waals surface area contributed by atoms with Crippen LogP contribution in [-0.2, 0) is 11.8 Å². The lowest BCUT2D eigenvalue weighted by Gasteiger charge is -2.28. The number of rotatable bonds is 5. The van der Waals surface area contributed by atoms with Gasteiger partial charge in [-0.05, 0) is 68.0 Å². The van der Waals surface area contributed by atoms with Crippen LogP contribution in [0.5, 0.6) is 5.75 Å². The van der Waals surface area contributed by atoms with Gasteiger partial charge in [0.05, 0.1) is 30.6 Å². The maximum Gasteiger partial charge on any atom is 0.221 e. The molecule has 8 heteroatoms. The van der Waals surface area contributed by atoms with E-state index in [9.17, 15) is 4.79 Å². The summed E-state index contributed by atoms with van der Waals surface area (Å²) in [6.45, 7) is 5.69. The van der Waals surface area contributed by atoms with Gasteiger partial charge in [0, 0.05) is 37.2 Å². The number of carbonyl (C=O) groups excluding carboxylic acids is 1. The van der Waals surface area contributed by atoms with Gasteiger partial charge in [-0.3, -0.25) is 9.78 Å². The first-order valence-electron chi connectivity index (χ1n) is 10.4. The Balaban J connectivity index is 1.87. The predicted molar refractivity (Wildman–Crippen MR) is 130 cm³/mol. The SMILES string of the molecule is COc1ccc(N2C(=S)N[C@@H](c3ccccn3)[C@@H]2c2cc(C)n(C)c2C)cc1NC(C)=O. The van der Waals surface area contributed by atoms with Gasteiger partial charge >= 0.3 is 0 Å². The van der Waals surface area contributed by atoms with Crippen LogP contribution in [0.3, 0.4) is 0 Å². The van der Waals surface area contributed by atoms with Crippen LogP contribution in [0.4, 0.5) is 11.4 Å². The zero-order valence-electron chi connectivity index (χ0n) is 18.8. The molecule has 3 aromatic rings. The van der Waals surface area contributed by atoms with Crippen LogP contribution in [0.15, 0.2) is 48.7 Å². The Morgan fingerprint density at radius 1 is 1.22 bits per heavy atom. The lowest BCUT2D eigenvalue weighted by atomic mass is 9.96. The molecule has 0 bridgehead atoms. The molecule has 1 aliphatic heterocycles. The number of aromatic nitrogens is 2. The van der Waals surface area contributed by atoms with E-state index in [0.29, 0.717) is 16.5 Å². The van der Waals surface area contributed by atoms with Crippen molar-refractivity contribution < 1.29 is 9.53 Å². The van der Waals surface area contributed by atoms with Crippen molar-refractivity contribution in [2.75, 3.05) is 17.3 Å². The second kappa shape index (κ2) is 8.63. The minimum absolute atomic E-state index is 0.115. The maximum absolute atomic E-state index is 11.8. The number of hydrogen-bond acceptors (Lipinski definition) is 4. The van der Waals surface area contributed by atoms with E-state index in [1.165, 1.54) is 23.9 Å². The van der Waals surface area contributed by atoms with Crippen molar-refractivity contribution in [2.45, 2.75) is 32.9 Å². The van der Waals surface area contributed by atoms with Crippen molar-refractivity contribution in [2.24, 2.45) is 7.05 Å². The fourth-order valence-electron chi connectivity index (χ4n) is 4.27. The molecule has 2 atom stereocenters. The summed E-state index contributed by atoms with van der Waals surface area (Å²) in [6, 6.07) is 13.6. The van der Waals surface area contributed by atoms with E-state index in [2.05, 4.69) is 52.0 Å². The highest BCUT2D eigenvalue weighted by Gasteiger charge is 2.42.